The number of sulfonamides is 1. The standard InChI is InChI=1S/C16H27N5O5S3/c1-16(2,3)26-15(23)19-11(12(22)20-13-18-9-10-28-13)7-6-8-17-14(27-4)21-29(5,24)25/h9-11H,6-8H2,1-5H3,(H,17,21)(H,19,23)(H,18,20,22)/t11-/m0/s1. The lowest BCUT2D eigenvalue weighted by molar-refractivity contribution is -0.118. The van der Waals surface area contributed by atoms with E-state index in [1.165, 1.54) is 23.1 Å². The van der Waals surface area contributed by atoms with Gasteiger partial charge in [0.1, 0.15) is 11.6 Å². The third kappa shape index (κ3) is 11.7. The van der Waals surface area contributed by atoms with Crippen molar-refractivity contribution in [2.24, 2.45) is 4.99 Å². The Morgan fingerprint density at radius 1 is 1.38 bits per heavy atom. The second-order valence-corrected chi connectivity index (χ2v) is 10.4. The molecule has 0 radical (unpaired) electrons. The van der Waals surface area contributed by atoms with Crippen molar-refractivity contribution in [3.8, 4) is 0 Å². The molecular formula is C16H27N5O5S3. The number of ether oxygens (including phenoxy) is 1. The van der Waals surface area contributed by atoms with Gasteiger partial charge in [0.2, 0.25) is 15.9 Å². The quantitative estimate of drug-likeness (QED) is 0.303. The first kappa shape index (κ1) is 25.2. The van der Waals surface area contributed by atoms with Crippen LogP contribution < -0.4 is 15.4 Å². The summed E-state index contributed by atoms with van der Waals surface area (Å²) in [6.07, 6.45) is 4.31. The molecule has 0 bridgehead atoms. The number of thiazole rings is 1. The van der Waals surface area contributed by atoms with Gasteiger partial charge in [-0.3, -0.25) is 14.5 Å². The average molecular weight is 466 g/mol. The van der Waals surface area contributed by atoms with Crippen molar-refractivity contribution in [2.45, 2.75) is 45.3 Å². The van der Waals surface area contributed by atoms with Crippen molar-refractivity contribution < 1.29 is 22.7 Å². The Hall–Kier alpha value is -1.86. The van der Waals surface area contributed by atoms with Crippen molar-refractivity contribution in [2.75, 3.05) is 24.4 Å². The predicted octanol–water partition coefficient (Wildman–Crippen LogP) is 2.02. The maximum absolute atomic E-state index is 12.5. The number of anilines is 1. The van der Waals surface area contributed by atoms with Gasteiger partial charge in [0.05, 0.1) is 6.26 Å². The fourth-order valence-corrected chi connectivity index (χ4v) is 3.89. The zero-order valence-corrected chi connectivity index (χ0v) is 19.5. The van der Waals surface area contributed by atoms with Gasteiger partial charge in [0.15, 0.2) is 10.3 Å². The van der Waals surface area contributed by atoms with Gasteiger partial charge >= 0.3 is 6.09 Å². The highest BCUT2D eigenvalue weighted by Gasteiger charge is 2.24. The maximum atomic E-state index is 12.5. The Balaban J connectivity index is 2.72. The summed E-state index contributed by atoms with van der Waals surface area (Å²) in [7, 11) is -3.41. The van der Waals surface area contributed by atoms with Gasteiger partial charge in [-0.25, -0.2) is 18.2 Å². The van der Waals surface area contributed by atoms with E-state index in [2.05, 4.69) is 25.3 Å². The van der Waals surface area contributed by atoms with Crippen LogP contribution in [0.3, 0.4) is 0 Å². The smallest absolute Gasteiger partial charge is 0.408 e. The van der Waals surface area contributed by atoms with Crippen molar-refractivity contribution >= 4 is 55.4 Å². The molecule has 1 atom stereocenters. The van der Waals surface area contributed by atoms with Gasteiger partial charge in [-0.2, -0.15) is 0 Å². The molecule has 0 fully saturated rings. The molecule has 1 heterocycles. The zero-order valence-electron chi connectivity index (χ0n) is 17.0. The van der Waals surface area contributed by atoms with Gasteiger partial charge in [-0.05, 0) is 39.9 Å². The van der Waals surface area contributed by atoms with E-state index in [9.17, 15) is 18.0 Å². The van der Waals surface area contributed by atoms with Crippen LogP contribution >= 0.6 is 23.1 Å². The van der Waals surface area contributed by atoms with E-state index < -0.39 is 33.7 Å². The van der Waals surface area contributed by atoms with Crippen LogP contribution in [0.2, 0.25) is 0 Å². The molecule has 0 unspecified atom stereocenters. The molecule has 0 aliphatic heterocycles. The molecule has 0 aliphatic carbocycles. The summed E-state index contributed by atoms with van der Waals surface area (Å²) in [5.74, 6) is -0.422. The van der Waals surface area contributed by atoms with Crippen LogP contribution in [0.4, 0.5) is 9.93 Å². The summed E-state index contributed by atoms with van der Waals surface area (Å²) in [4.78, 5) is 32.8. The fraction of sp³-hybridized carbons (Fsp3) is 0.625. The molecule has 1 aromatic rings. The van der Waals surface area contributed by atoms with Crippen molar-refractivity contribution in [1.29, 1.82) is 0 Å². The lowest BCUT2D eigenvalue weighted by Crippen LogP contribution is -2.45. The summed E-state index contributed by atoms with van der Waals surface area (Å²) in [5.41, 5.74) is -0.699. The Kier molecular flexibility index (Phi) is 9.86. The topological polar surface area (TPSA) is 139 Å². The molecule has 1 aromatic heterocycles. The molecule has 2 amide bonds. The molecule has 29 heavy (non-hydrogen) atoms. The number of aliphatic imine (C=N–C) groups is 1. The Morgan fingerprint density at radius 3 is 2.59 bits per heavy atom. The third-order valence-corrected chi connectivity index (χ3v) is 5.04. The number of nitrogens with one attached hydrogen (secondary N) is 3. The lowest BCUT2D eigenvalue weighted by Gasteiger charge is -2.23. The molecular weight excluding hydrogens is 438 g/mol. The molecule has 10 nitrogen and oxygen atoms in total. The first-order valence-electron chi connectivity index (χ1n) is 8.65. The van der Waals surface area contributed by atoms with Crippen LogP contribution in [0.5, 0.6) is 0 Å². The van der Waals surface area contributed by atoms with E-state index in [1.807, 2.05) is 0 Å². The van der Waals surface area contributed by atoms with Crippen molar-refractivity contribution in [1.82, 2.24) is 15.0 Å². The number of amides is 2. The Bertz CT molecular complexity index is 803. The molecule has 3 N–H and O–H groups in total. The number of thioether (sulfide) groups is 1. The second-order valence-electron chi connectivity index (χ2n) is 6.93. The maximum Gasteiger partial charge on any atom is 0.408 e. The van der Waals surface area contributed by atoms with Gasteiger partial charge in [-0.15, -0.1) is 11.3 Å². The highest BCUT2D eigenvalue weighted by molar-refractivity contribution is 8.14. The number of amidine groups is 1. The monoisotopic (exact) mass is 465 g/mol. The summed E-state index contributed by atoms with van der Waals surface area (Å²) < 4.78 is 30.1. The highest BCUT2D eigenvalue weighted by atomic mass is 32.2. The van der Waals surface area contributed by atoms with Crippen LogP contribution in [0, 0.1) is 0 Å². The second kappa shape index (κ2) is 11.4. The third-order valence-electron chi connectivity index (χ3n) is 3.04. The van der Waals surface area contributed by atoms with Crippen LogP contribution in [-0.4, -0.2) is 61.3 Å². The highest BCUT2D eigenvalue weighted by Crippen LogP contribution is 2.13. The lowest BCUT2D eigenvalue weighted by atomic mass is 10.1. The minimum Gasteiger partial charge on any atom is -0.444 e. The van der Waals surface area contributed by atoms with Crippen LogP contribution in [-0.2, 0) is 19.6 Å². The zero-order chi connectivity index (χ0) is 22.1. The number of hydrogen-bond acceptors (Lipinski definition) is 9. The summed E-state index contributed by atoms with van der Waals surface area (Å²) in [5, 5.41) is 7.62. The minimum atomic E-state index is -3.41. The van der Waals surface area contributed by atoms with Crippen molar-refractivity contribution in [3.05, 3.63) is 11.6 Å². The van der Waals surface area contributed by atoms with Gasteiger partial charge in [-0.1, -0.05) is 11.8 Å². The van der Waals surface area contributed by atoms with Crippen LogP contribution in [0.15, 0.2) is 16.6 Å². The summed E-state index contributed by atoms with van der Waals surface area (Å²) in [6, 6.07) is -0.857. The van der Waals surface area contributed by atoms with Crippen molar-refractivity contribution in [3.63, 3.8) is 0 Å². The molecule has 0 spiro atoms. The van der Waals surface area contributed by atoms with E-state index in [4.69, 9.17) is 4.74 Å². The molecule has 164 valence electrons. The van der Waals surface area contributed by atoms with E-state index in [-0.39, 0.29) is 18.1 Å². The average Bonchev–Trinajstić information content (AvgIpc) is 3.06. The Labute approximate surface area is 179 Å². The first-order valence-corrected chi connectivity index (χ1v) is 12.7. The summed E-state index contributed by atoms with van der Waals surface area (Å²) >= 11 is 2.43. The SMILES string of the molecule is CSC(=NCCC[C@H](NC(=O)OC(C)(C)C)C(=O)Nc1nccs1)NS(C)(=O)=O. The molecule has 0 saturated heterocycles. The molecule has 1 rings (SSSR count). The number of hydrogen-bond donors (Lipinski definition) is 3. The normalized spacial score (nSPS) is 13.5. The van der Waals surface area contributed by atoms with Gasteiger partial charge in [0, 0.05) is 18.1 Å². The van der Waals surface area contributed by atoms with E-state index in [0.717, 1.165) is 6.26 Å². The number of carbonyl (C=O) groups is 2. The van der Waals surface area contributed by atoms with Gasteiger partial charge in [0.25, 0.3) is 0 Å². The fourth-order valence-electron chi connectivity index (χ4n) is 1.97. The summed E-state index contributed by atoms with van der Waals surface area (Å²) in [6.45, 7) is 5.45. The van der Waals surface area contributed by atoms with Crippen LogP contribution in [0.1, 0.15) is 33.6 Å². The van der Waals surface area contributed by atoms with E-state index in [1.54, 1.807) is 38.6 Å². The van der Waals surface area contributed by atoms with Gasteiger partial charge < -0.3 is 15.4 Å². The number of aromatic nitrogens is 1. The predicted molar refractivity (Wildman–Crippen MR) is 117 cm³/mol. The molecule has 0 aromatic carbocycles. The molecule has 0 saturated carbocycles. The Morgan fingerprint density at radius 2 is 2.07 bits per heavy atom. The molecule has 13 heteroatoms. The number of rotatable bonds is 8. The number of nitrogens with zero attached hydrogens (tertiary/aromatic N) is 2. The largest absolute Gasteiger partial charge is 0.444 e. The molecule has 0 aliphatic rings. The van der Waals surface area contributed by atoms with Crippen LogP contribution in [0.25, 0.3) is 0 Å². The first-order chi connectivity index (χ1) is 13.4. The number of carbonyl (C=O) groups excluding carboxylic acids is 2. The minimum absolute atomic E-state index is 0.261. The van der Waals surface area contributed by atoms with E-state index >= 15 is 0 Å². The number of alkyl carbamates (subject to hydrolysis) is 1. The van der Waals surface area contributed by atoms with E-state index in [0.29, 0.717) is 11.6 Å².